The van der Waals surface area contributed by atoms with E-state index in [1.54, 1.807) is 12.1 Å². The molecule has 4 nitrogen and oxygen atoms in total. The number of nitrogen functional groups attached to an aromatic ring is 1. The Balaban J connectivity index is 1.82. The van der Waals surface area contributed by atoms with Crippen LogP contribution in [-0.2, 0) is 6.54 Å². The van der Waals surface area contributed by atoms with E-state index in [9.17, 15) is 4.39 Å². The number of halogens is 1. The standard InChI is InChI=1S/C15H25FN4/c1-18(2)6-7-19-8-10-20(11-9-19)12-13-14(16)4-3-5-15(13)17/h3-5H,6-12,17H2,1-2H3. The molecule has 0 aliphatic carbocycles. The summed E-state index contributed by atoms with van der Waals surface area (Å²) in [5, 5.41) is 0. The second-order valence-corrected chi connectivity index (χ2v) is 5.73. The van der Waals surface area contributed by atoms with E-state index in [1.807, 2.05) is 0 Å². The number of rotatable bonds is 5. The van der Waals surface area contributed by atoms with Gasteiger partial charge in [0.25, 0.3) is 0 Å². The Morgan fingerprint density at radius 2 is 1.80 bits per heavy atom. The summed E-state index contributed by atoms with van der Waals surface area (Å²) in [5.74, 6) is -0.194. The zero-order valence-electron chi connectivity index (χ0n) is 12.5. The maximum absolute atomic E-state index is 13.8. The molecular weight excluding hydrogens is 255 g/mol. The van der Waals surface area contributed by atoms with E-state index >= 15 is 0 Å². The molecule has 1 fully saturated rings. The Kier molecular flexibility index (Phi) is 5.34. The smallest absolute Gasteiger partial charge is 0.129 e. The van der Waals surface area contributed by atoms with Gasteiger partial charge >= 0.3 is 0 Å². The van der Waals surface area contributed by atoms with Crippen molar-refractivity contribution in [3.8, 4) is 0 Å². The van der Waals surface area contributed by atoms with Crippen molar-refractivity contribution >= 4 is 5.69 Å². The van der Waals surface area contributed by atoms with Crippen molar-refractivity contribution in [3.63, 3.8) is 0 Å². The molecule has 0 spiro atoms. The van der Waals surface area contributed by atoms with Gasteiger partial charge in [0.05, 0.1) is 0 Å². The first-order valence-electron chi connectivity index (χ1n) is 7.18. The van der Waals surface area contributed by atoms with Crippen LogP contribution in [0.2, 0.25) is 0 Å². The van der Waals surface area contributed by atoms with E-state index in [0.29, 0.717) is 17.8 Å². The normalized spacial score (nSPS) is 17.8. The third-order valence-corrected chi connectivity index (χ3v) is 3.87. The molecule has 0 aromatic heterocycles. The number of piperazine rings is 1. The van der Waals surface area contributed by atoms with Gasteiger partial charge in [-0.2, -0.15) is 0 Å². The van der Waals surface area contributed by atoms with Crippen molar-refractivity contribution in [3.05, 3.63) is 29.6 Å². The fourth-order valence-corrected chi connectivity index (χ4v) is 2.48. The molecule has 112 valence electrons. The average Bonchev–Trinajstić information content (AvgIpc) is 2.42. The van der Waals surface area contributed by atoms with Gasteiger partial charge in [0.2, 0.25) is 0 Å². The van der Waals surface area contributed by atoms with E-state index in [-0.39, 0.29) is 5.82 Å². The molecule has 0 atom stereocenters. The summed E-state index contributed by atoms with van der Waals surface area (Å²) in [7, 11) is 4.19. The number of benzene rings is 1. The first kappa shape index (κ1) is 15.2. The van der Waals surface area contributed by atoms with Crippen molar-refractivity contribution in [2.45, 2.75) is 6.54 Å². The largest absolute Gasteiger partial charge is 0.398 e. The molecule has 1 aromatic rings. The molecule has 0 amide bonds. The minimum absolute atomic E-state index is 0.194. The summed E-state index contributed by atoms with van der Waals surface area (Å²) < 4.78 is 13.8. The van der Waals surface area contributed by atoms with E-state index in [0.717, 1.165) is 39.3 Å². The molecule has 0 unspecified atom stereocenters. The zero-order valence-corrected chi connectivity index (χ0v) is 12.5. The molecule has 2 rings (SSSR count). The van der Waals surface area contributed by atoms with Crippen molar-refractivity contribution in [2.75, 3.05) is 59.1 Å². The van der Waals surface area contributed by atoms with E-state index in [4.69, 9.17) is 5.73 Å². The number of hydrogen-bond acceptors (Lipinski definition) is 4. The summed E-state index contributed by atoms with van der Waals surface area (Å²) >= 11 is 0. The maximum atomic E-state index is 13.8. The predicted molar refractivity (Wildman–Crippen MR) is 81.1 cm³/mol. The lowest BCUT2D eigenvalue weighted by atomic mass is 10.1. The molecule has 20 heavy (non-hydrogen) atoms. The molecule has 5 heteroatoms. The molecule has 1 aliphatic heterocycles. The Bertz CT molecular complexity index is 408. The summed E-state index contributed by atoms with van der Waals surface area (Å²) in [6.45, 7) is 6.83. The molecule has 0 saturated carbocycles. The summed E-state index contributed by atoms with van der Waals surface area (Å²) in [5.41, 5.74) is 7.05. The Hall–Kier alpha value is -1.17. The number of hydrogen-bond donors (Lipinski definition) is 1. The molecule has 1 saturated heterocycles. The predicted octanol–water partition coefficient (Wildman–Crippen LogP) is 1.09. The zero-order chi connectivity index (χ0) is 14.5. The molecule has 1 aromatic carbocycles. The van der Waals surface area contributed by atoms with Crippen LogP contribution in [-0.4, -0.2) is 68.1 Å². The first-order valence-corrected chi connectivity index (χ1v) is 7.18. The molecule has 0 bridgehead atoms. The highest BCUT2D eigenvalue weighted by Gasteiger charge is 2.18. The highest BCUT2D eigenvalue weighted by molar-refractivity contribution is 5.47. The van der Waals surface area contributed by atoms with Gasteiger partial charge in [-0.15, -0.1) is 0 Å². The number of nitrogens with two attached hydrogens (primary N) is 1. The topological polar surface area (TPSA) is 35.7 Å². The minimum Gasteiger partial charge on any atom is -0.398 e. The molecular formula is C15H25FN4. The minimum atomic E-state index is -0.194. The molecule has 0 radical (unpaired) electrons. The van der Waals surface area contributed by atoms with Gasteiger partial charge in [0.1, 0.15) is 5.82 Å². The third kappa shape index (κ3) is 4.16. The molecule has 1 heterocycles. The SMILES string of the molecule is CN(C)CCN1CCN(Cc2c(N)cccc2F)CC1. The molecule has 2 N–H and O–H groups in total. The lowest BCUT2D eigenvalue weighted by Gasteiger charge is -2.35. The fraction of sp³-hybridized carbons (Fsp3) is 0.600. The maximum Gasteiger partial charge on any atom is 0.129 e. The second kappa shape index (κ2) is 7.02. The monoisotopic (exact) mass is 280 g/mol. The van der Waals surface area contributed by atoms with Gasteiger partial charge < -0.3 is 10.6 Å². The number of nitrogens with zero attached hydrogens (tertiary/aromatic N) is 3. The Labute approximate surface area is 120 Å². The van der Waals surface area contributed by atoms with Crippen molar-refractivity contribution < 1.29 is 4.39 Å². The van der Waals surface area contributed by atoms with Crippen LogP contribution in [0.4, 0.5) is 10.1 Å². The second-order valence-electron chi connectivity index (χ2n) is 5.73. The summed E-state index contributed by atoms with van der Waals surface area (Å²) in [6.07, 6.45) is 0. The number of likely N-dealkylation sites (N-methyl/N-ethyl adjacent to an activating group) is 1. The van der Waals surface area contributed by atoms with E-state index in [2.05, 4.69) is 28.8 Å². The van der Waals surface area contributed by atoms with Gasteiger partial charge in [0, 0.05) is 57.1 Å². The fourth-order valence-electron chi connectivity index (χ4n) is 2.48. The lowest BCUT2D eigenvalue weighted by molar-refractivity contribution is 0.120. The highest BCUT2D eigenvalue weighted by Crippen LogP contribution is 2.18. The van der Waals surface area contributed by atoms with Crippen LogP contribution in [0.1, 0.15) is 5.56 Å². The quantitative estimate of drug-likeness (QED) is 0.819. The van der Waals surface area contributed by atoms with Gasteiger partial charge in [-0.25, -0.2) is 4.39 Å². The van der Waals surface area contributed by atoms with Crippen LogP contribution in [0.25, 0.3) is 0 Å². The van der Waals surface area contributed by atoms with E-state index in [1.165, 1.54) is 6.07 Å². The Morgan fingerprint density at radius 1 is 1.15 bits per heavy atom. The van der Waals surface area contributed by atoms with E-state index < -0.39 is 0 Å². The third-order valence-electron chi connectivity index (χ3n) is 3.87. The van der Waals surface area contributed by atoms with Crippen molar-refractivity contribution in [1.82, 2.24) is 14.7 Å². The first-order chi connectivity index (χ1) is 9.56. The van der Waals surface area contributed by atoms with Crippen molar-refractivity contribution in [2.24, 2.45) is 0 Å². The van der Waals surface area contributed by atoms with Gasteiger partial charge in [-0.05, 0) is 26.2 Å². The van der Waals surface area contributed by atoms with Crippen LogP contribution in [0, 0.1) is 5.82 Å². The number of anilines is 1. The van der Waals surface area contributed by atoms with Crippen LogP contribution in [0.3, 0.4) is 0 Å². The average molecular weight is 280 g/mol. The van der Waals surface area contributed by atoms with Crippen LogP contribution in [0.15, 0.2) is 18.2 Å². The molecule has 1 aliphatic rings. The highest BCUT2D eigenvalue weighted by atomic mass is 19.1. The van der Waals surface area contributed by atoms with Crippen LogP contribution in [0.5, 0.6) is 0 Å². The Morgan fingerprint density at radius 3 is 2.40 bits per heavy atom. The van der Waals surface area contributed by atoms with Gasteiger partial charge in [-0.3, -0.25) is 9.80 Å². The van der Waals surface area contributed by atoms with Crippen molar-refractivity contribution in [1.29, 1.82) is 0 Å². The van der Waals surface area contributed by atoms with Gasteiger partial charge in [0.15, 0.2) is 0 Å². The van der Waals surface area contributed by atoms with Gasteiger partial charge in [-0.1, -0.05) is 6.07 Å². The summed E-state index contributed by atoms with van der Waals surface area (Å²) in [6, 6.07) is 4.91. The van der Waals surface area contributed by atoms with Crippen LogP contribution >= 0.6 is 0 Å². The summed E-state index contributed by atoms with van der Waals surface area (Å²) in [4.78, 5) is 6.94. The lowest BCUT2D eigenvalue weighted by Crippen LogP contribution is -2.47. The van der Waals surface area contributed by atoms with Crippen LogP contribution < -0.4 is 5.73 Å².